The highest BCUT2D eigenvalue weighted by Gasteiger charge is 2.21. The lowest BCUT2D eigenvalue weighted by Crippen LogP contribution is -2.24. The molecular formula is C13H16N4O. The lowest BCUT2D eigenvalue weighted by Gasteiger charge is -2.13. The van der Waals surface area contributed by atoms with Gasteiger partial charge in [-0.3, -0.25) is 9.78 Å². The van der Waals surface area contributed by atoms with E-state index in [9.17, 15) is 4.79 Å². The SMILES string of the molecule is Cn1cc(C2CC(=O)NCCN2)c2ccncc21. The number of nitrogens with one attached hydrogen (secondary N) is 2. The summed E-state index contributed by atoms with van der Waals surface area (Å²) in [6, 6.07) is 2.09. The van der Waals surface area contributed by atoms with Gasteiger partial charge in [-0.1, -0.05) is 0 Å². The quantitative estimate of drug-likeness (QED) is 0.777. The molecule has 0 spiro atoms. The lowest BCUT2D eigenvalue weighted by molar-refractivity contribution is -0.121. The number of hydrogen-bond acceptors (Lipinski definition) is 3. The Morgan fingerprint density at radius 3 is 3.22 bits per heavy atom. The largest absolute Gasteiger partial charge is 0.355 e. The molecule has 1 unspecified atom stereocenters. The molecule has 1 aliphatic rings. The molecular weight excluding hydrogens is 228 g/mol. The van der Waals surface area contributed by atoms with Crippen molar-refractivity contribution in [3.63, 3.8) is 0 Å². The van der Waals surface area contributed by atoms with Crippen LogP contribution >= 0.6 is 0 Å². The molecule has 94 valence electrons. The summed E-state index contributed by atoms with van der Waals surface area (Å²) < 4.78 is 2.06. The van der Waals surface area contributed by atoms with Crippen LogP contribution in [0.1, 0.15) is 18.0 Å². The molecule has 2 aromatic rings. The van der Waals surface area contributed by atoms with Crippen LogP contribution in [0.5, 0.6) is 0 Å². The van der Waals surface area contributed by atoms with Crippen LogP contribution in [0.3, 0.4) is 0 Å². The van der Waals surface area contributed by atoms with E-state index in [0.29, 0.717) is 13.0 Å². The molecule has 2 N–H and O–H groups in total. The number of amides is 1. The third kappa shape index (κ3) is 1.86. The zero-order valence-electron chi connectivity index (χ0n) is 10.3. The molecule has 0 aliphatic carbocycles. The fourth-order valence-electron chi connectivity index (χ4n) is 2.53. The zero-order valence-corrected chi connectivity index (χ0v) is 10.3. The Hall–Kier alpha value is -1.88. The summed E-state index contributed by atoms with van der Waals surface area (Å²) in [5.74, 6) is 0.107. The maximum atomic E-state index is 11.6. The minimum atomic E-state index is 0.0820. The van der Waals surface area contributed by atoms with Crippen molar-refractivity contribution in [1.82, 2.24) is 20.2 Å². The summed E-state index contributed by atoms with van der Waals surface area (Å²) in [4.78, 5) is 15.8. The second-order valence-electron chi connectivity index (χ2n) is 4.65. The van der Waals surface area contributed by atoms with E-state index in [1.807, 2.05) is 19.3 Å². The first-order valence-corrected chi connectivity index (χ1v) is 6.15. The molecule has 3 rings (SSSR count). The number of aryl methyl sites for hydroxylation is 1. The van der Waals surface area contributed by atoms with Gasteiger partial charge in [0, 0.05) is 50.4 Å². The monoisotopic (exact) mass is 244 g/mol. The Balaban J connectivity index is 2.05. The van der Waals surface area contributed by atoms with Gasteiger partial charge in [0.1, 0.15) is 0 Å². The van der Waals surface area contributed by atoms with Crippen LogP contribution in [0.4, 0.5) is 0 Å². The van der Waals surface area contributed by atoms with Crippen LogP contribution in [0, 0.1) is 0 Å². The first-order chi connectivity index (χ1) is 8.75. The van der Waals surface area contributed by atoms with E-state index in [1.165, 1.54) is 10.9 Å². The number of carbonyl (C=O) groups is 1. The number of fused-ring (bicyclic) bond motifs is 1. The topological polar surface area (TPSA) is 59.0 Å². The van der Waals surface area contributed by atoms with E-state index in [4.69, 9.17) is 0 Å². The first-order valence-electron chi connectivity index (χ1n) is 6.15. The van der Waals surface area contributed by atoms with E-state index >= 15 is 0 Å². The van der Waals surface area contributed by atoms with Gasteiger partial charge >= 0.3 is 0 Å². The summed E-state index contributed by atoms with van der Waals surface area (Å²) in [7, 11) is 2.00. The summed E-state index contributed by atoms with van der Waals surface area (Å²) >= 11 is 0. The summed E-state index contributed by atoms with van der Waals surface area (Å²) in [5.41, 5.74) is 2.27. The van der Waals surface area contributed by atoms with Gasteiger partial charge in [0.2, 0.25) is 5.91 Å². The summed E-state index contributed by atoms with van der Waals surface area (Å²) in [6.45, 7) is 1.50. The van der Waals surface area contributed by atoms with Crippen molar-refractivity contribution >= 4 is 16.8 Å². The molecule has 0 aromatic carbocycles. The molecule has 1 amide bonds. The van der Waals surface area contributed by atoms with Gasteiger partial charge in [0.25, 0.3) is 0 Å². The average Bonchev–Trinajstić information content (AvgIpc) is 2.57. The van der Waals surface area contributed by atoms with Crippen LogP contribution in [-0.2, 0) is 11.8 Å². The highest BCUT2D eigenvalue weighted by atomic mass is 16.1. The third-order valence-corrected chi connectivity index (χ3v) is 3.43. The Labute approximate surface area is 105 Å². The maximum absolute atomic E-state index is 11.6. The Kier molecular flexibility index (Phi) is 2.76. The molecule has 1 fully saturated rings. The van der Waals surface area contributed by atoms with Crippen molar-refractivity contribution in [2.75, 3.05) is 13.1 Å². The van der Waals surface area contributed by atoms with Gasteiger partial charge in [-0.25, -0.2) is 0 Å². The van der Waals surface area contributed by atoms with Crippen molar-refractivity contribution in [3.05, 3.63) is 30.2 Å². The molecule has 0 saturated carbocycles. The standard InChI is InChI=1S/C13H16N4O/c1-17-8-10(9-2-3-14-7-12(9)17)11-6-13(18)16-5-4-15-11/h2-3,7-8,11,15H,4-6H2,1H3,(H,16,18). The smallest absolute Gasteiger partial charge is 0.221 e. The van der Waals surface area contributed by atoms with Crippen LogP contribution < -0.4 is 10.6 Å². The fourth-order valence-corrected chi connectivity index (χ4v) is 2.53. The van der Waals surface area contributed by atoms with Crippen molar-refractivity contribution in [1.29, 1.82) is 0 Å². The van der Waals surface area contributed by atoms with E-state index in [2.05, 4.69) is 26.4 Å². The number of nitrogens with zero attached hydrogens (tertiary/aromatic N) is 2. The van der Waals surface area contributed by atoms with E-state index < -0.39 is 0 Å². The fraction of sp³-hybridized carbons (Fsp3) is 0.385. The molecule has 5 heteroatoms. The Morgan fingerprint density at radius 1 is 1.44 bits per heavy atom. The van der Waals surface area contributed by atoms with Gasteiger partial charge in [0.15, 0.2) is 0 Å². The number of hydrogen-bond donors (Lipinski definition) is 2. The molecule has 5 nitrogen and oxygen atoms in total. The second kappa shape index (κ2) is 4.42. The van der Waals surface area contributed by atoms with Gasteiger partial charge in [-0.05, 0) is 11.6 Å². The predicted molar refractivity (Wildman–Crippen MR) is 69.1 cm³/mol. The first kappa shape index (κ1) is 11.2. The van der Waals surface area contributed by atoms with E-state index in [-0.39, 0.29) is 11.9 Å². The van der Waals surface area contributed by atoms with E-state index in [1.54, 1.807) is 6.20 Å². The minimum absolute atomic E-state index is 0.0820. The predicted octanol–water partition coefficient (Wildman–Crippen LogP) is 0.724. The minimum Gasteiger partial charge on any atom is -0.355 e. The molecule has 1 saturated heterocycles. The van der Waals surface area contributed by atoms with Crippen molar-refractivity contribution in [2.45, 2.75) is 12.5 Å². The van der Waals surface area contributed by atoms with Crippen molar-refractivity contribution in [3.8, 4) is 0 Å². The highest BCUT2D eigenvalue weighted by Crippen LogP contribution is 2.27. The third-order valence-electron chi connectivity index (χ3n) is 3.43. The number of rotatable bonds is 1. The Morgan fingerprint density at radius 2 is 2.33 bits per heavy atom. The number of aromatic nitrogens is 2. The number of carbonyl (C=O) groups excluding carboxylic acids is 1. The van der Waals surface area contributed by atoms with Crippen LogP contribution in [-0.4, -0.2) is 28.5 Å². The van der Waals surface area contributed by atoms with Gasteiger partial charge in [-0.2, -0.15) is 0 Å². The molecule has 0 radical (unpaired) electrons. The zero-order chi connectivity index (χ0) is 12.5. The van der Waals surface area contributed by atoms with Gasteiger partial charge in [-0.15, -0.1) is 0 Å². The summed E-state index contributed by atoms with van der Waals surface area (Å²) in [5, 5.41) is 7.46. The molecule has 0 bridgehead atoms. The number of pyridine rings is 1. The van der Waals surface area contributed by atoms with Crippen LogP contribution in [0.25, 0.3) is 10.9 Å². The average molecular weight is 244 g/mol. The molecule has 1 aliphatic heterocycles. The van der Waals surface area contributed by atoms with Crippen molar-refractivity contribution in [2.24, 2.45) is 7.05 Å². The van der Waals surface area contributed by atoms with E-state index in [0.717, 1.165) is 12.1 Å². The van der Waals surface area contributed by atoms with Gasteiger partial charge in [0.05, 0.1) is 11.7 Å². The molecule has 3 heterocycles. The lowest BCUT2D eigenvalue weighted by atomic mass is 10.0. The summed E-state index contributed by atoms with van der Waals surface area (Å²) in [6.07, 6.45) is 6.22. The van der Waals surface area contributed by atoms with Crippen molar-refractivity contribution < 1.29 is 4.79 Å². The normalized spacial score (nSPS) is 20.7. The Bertz CT molecular complexity index is 590. The second-order valence-corrected chi connectivity index (χ2v) is 4.65. The highest BCUT2D eigenvalue weighted by molar-refractivity contribution is 5.85. The maximum Gasteiger partial charge on any atom is 0.221 e. The van der Waals surface area contributed by atoms with Crippen LogP contribution in [0.15, 0.2) is 24.7 Å². The molecule has 18 heavy (non-hydrogen) atoms. The van der Waals surface area contributed by atoms with Gasteiger partial charge < -0.3 is 15.2 Å². The molecule has 1 atom stereocenters. The molecule has 2 aromatic heterocycles. The van der Waals surface area contributed by atoms with Crippen LogP contribution in [0.2, 0.25) is 0 Å².